The summed E-state index contributed by atoms with van der Waals surface area (Å²) in [5, 5.41) is 49.6. The van der Waals surface area contributed by atoms with E-state index in [0.717, 1.165) is 9.80 Å². The Labute approximate surface area is 185 Å². The first-order valence-electron chi connectivity index (χ1n) is 7.25. The van der Waals surface area contributed by atoms with Gasteiger partial charge in [0.1, 0.15) is 6.09 Å². The minimum absolute atomic E-state index is 0. The maximum Gasteiger partial charge on any atom is 3.00 e. The number of carbonyl (C=O) groups is 5. The number of amides is 1. The Morgan fingerprint density at radius 3 is 1.22 bits per heavy atom. The third kappa shape index (κ3) is 15.2. The molecule has 153 valence electrons. The molecule has 0 aromatic carbocycles. The zero-order valence-corrected chi connectivity index (χ0v) is 16.3. The van der Waals surface area contributed by atoms with Gasteiger partial charge in [0.2, 0.25) is 0 Å². The van der Waals surface area contributed by atoms with Crippen molar-refractivity contribution in [2.24, 2.45) is 0 Å². The van der Waals surface area contributed by atoms with Gasteiger partial charge in [-0.25, -0.2) is 0 Å². The standard InChI is InChI=1S/C13H21N3O10.Gd/c17-9(18)5-14(6-10(19)20)1-3-16(13(25)26)4-2-15(7-11(21)22)8-12(23)24;/h1-8H2,(H,17,18)(H,19,20)(H,21,22)(H,23,24)(H,25,26);/q;+3/p-3. The van der Waals surface area contributed by atoms with E-state index in [-0.39, 0.29) is 66.1 Å². The molecule has 0 rings (SSSR count). The van der Waals surface area contributed by atoms with Crippen LogP contribution in [0, 0.1) is 39.9 Å². The van der Waals surface area contributed by atoms with E-state index in [0.29, 0.717) is 4.90 Å². The average molecular weight is 534 g/mol. The molecule has 0 saturated carbocycles. The van der Waals surface area contributed by atoms with E-state index in [2.05, 4.69) is 0 Å². The number of rotatable bonds is 14. The second-order valence-corrected chi connectivity index (χ2v) is 5.21. The molecule has 0 spiro atoms. The van der Waals surface area contributed by atoms with Crippen molar-refractivity contribution in [1.29, 1.82) is 0 Å². The Morgan fingerprint density at radius 1 is 0.630 bits per heavy atom. The number of carboxylic acid groups (broad SMARTS) is 5. The Bertz CT molecular complexity index is 472. The molecule has 0 aromatic heterocycles. The van der Waals surface area contributed by atoms with Crippen LogP contribution in [-0.2, 0) is 19.2 Å². The zero-order valence-electron chi connectivity index (χ0n) is 14.0. The van der Waals surface area contributed by atoms with Crippen LogP contribution >= 0.6 is 0 Å². The largest absolute Gasteiger partial charge is 3.00 e. The molecular weight excluding hydrogens is 515 g/mol. The predicted octanol–water partition coefficient (Wildman–Crippen LogP) is -6.10. The van der Waals surface area contributed by atoms with E-state index in [1.165, 1.54) is 0 Å². The minimum Gasteiger partial charge on any atom is -0.549 e. The van der Waals surface area contributed by atoms with Gasteiger partial charge in [-0.2, -0.15) is 0 Å². The molecule has 1 radical (unpaired) electrons. The van der Waals surface area contributed by atoms with Crippen molar-refractivity contribution in [3.63, 3.8) is 0 Å². The number of carboxylic acids is 4. The molecular formula is C13H18GdN3O10. The van der Waals surface area contributed by atoms with Gasteiger partial charge in [-0.05, 0) is 0 Å². The van der Waals surface area contributed by atoms with Crippen LogP contribution < -0.4 is 15.3 Å². The van der Waals surface area contributed by atoms with E-state index in [9.17, 15) is 39.3 Å². The Hall–Kier alpha value is -1.61. The van der Waals surface area contributed by atoms with Crippen LogP contribution in [0.25, 0.3) is 0 Å². The monoisotopic (exact) mass is 534 g/mol. The number of hydrogen-bond donors (Lipinski definition) is 2. The smallest absolute Gasteiger partial charge is 0.549 e. The molecule has 27 heavy (non-hydrogen) atoms. The maximum absolute atomic E-state index is 11.1. The number of carbonyl (C=O) groups excluding carboxylic acids is 3. The molecule has 2 N–H and O–H groups in total. The van der Waals surface area contributed by atoms with Gasteiger partial charge in [-0.1, -0.05) is 0 Å². The average Bonchev–Trinajstić information content (AvgIpc) is 2.43. The van der Waals surface area contributed by atoms with E-state index in [4.69, 9.17) is 10.2 Å². The molecule has 0 bridgehead atoms. The van der Waals surface area contributed by atoms with E-state index >= 15 is 0 Å². The van der Waals surface area contributed by atoms with Gasteiger partial charge in [0.15, 0.2) is 0 Å². The van der Waals surface area contributed by atoms with Gasteiger partial charge in [-0.15, -0.1) is 0 Å². The van der Waals surface area contributed by atoms with Crippen LogP contribution in [0.5, 0.6) is 0 Å². The molecule has 1 amide bonds. The van der Waals surface area contributed by atoms with Gasteiger partial charge < -0.3 is 44.8 Å². The first-order chi connectivity index (χ1) is 12.0. The summed E-state index contributed by atoms with van der Waals surface area (Å²) in [7, 11) is 0. The molecule has 0 aliphatic rings. The van der Waals surface area contributed by atoms with Gasteiger partial charge in [0.25, 0.3) is 0 Å². The summed E-state index contributed by atoms with van der Waals surface area (Å²) in [5.74, 6) is -5.75. The summed E-state index contributed by atoms with van der Waals surface area (Å²) >= 11 is 0. The third-order valence-electron chi connectivity index (χ3n) is 3.05. The van der Waals surface area contributed by atoms with E-state index < -0.39 is 56.1 Å². The number of hydrogen-bond acceptors (Lipinski definition) is 10. The molecule has 0 aliphatic carbocycles. The van der Waals surface area contributed by atoms with Crippen LogP contribution in [-0.4, -0.2) is 107 Å². The van der Waals surface area contributed by atoms with Gasteiger partial charge >= 0.3 is 51.9 Å². The second kappa shape index (κ2) is 14.5. The summed E-state index contributed by atoms with van der Waals surface area (Å²) in [6.45, 7) is -4.01. The van der Waals surface area contributed by atoms with Gasteiger partial charge in [0.05, 0.1) is 25.0 Å². The molecule has 0 aromatic rings. The van der Waals surface area contributed by atoms with Crippen LogP contribution in [0.4, 0.5) is 4.79 Å². The van der Waals surface area contributed by atoms with Gasteiger partial charge in [0, 0.05) is 39.3 Å². The van der Waals surface area contributed by atoms with Crippen LogP contribution in [0.1, 0.15) is 0 Å². The zero-order chi connectivity index (χ0) is 20.3. The molecule has 13 nitrogen and oxygen atoms in total. The third-order valence-corrected chi connectivity index (χ3v) is 3.05. The van der Waals surface area contributed by atoms with Crippen molar-refractivity contribution >= 4 is 30.0 Å². The minimum atomic E-state index is -1.67. The molecule has 0 saturated heterocycles. The van der Waals surface area contributed by atoms with Crippen molar-refractivity contribution in [2.75, 3.05) is 52.4 Å². The summed E-state index contributed by atoms with van der Waals surface area (Å²) < 4.78 is 0. The Morgan fingerprint density at radius 2 is 0.963 bits per heavy atom. The Balaban J connectivity index is 0. The van der Waals surface area contributed by atoms with Crippen LogP contribution in [0.15, 0.2) is 0 Å². The molecule has 0 aliphatic heterocycles. The summed E-state index contributed by atoms with van der Waals surface area (Å²) in [4.78, 5) is 56.1. The summed E-state index contributed by atoms with van der Waals surface area (Å²) in [5.41, 5.74) is 0. The predicted molar refractivity (Wildman–Crippen MR) is 75.1 cm³/mol. The summed E-state index contributed by atoms with van der Waals surface area (Å²) in [6.07, 6.45) is -1.67. The SMILES string of the molecule is O=C([O-])CN(CCN(CCN(CC(=O)O)CC(=O)O)C(=O)[O-])CC(=O)[O-].[Gd+3]. The maximum atomic E-state index is 11.1. The van der Waals surface area contributed by atoms with Crippen molar-refractivity contribution in [2.45, 2.75) is 0 Å². The van der Waals surface area contributed by atoms with Crippen LogP contribution in [0.2, 0.25) is 0 Å². The molecule has 0 heterocycles. The van der Waals surface area contributed by atoms with Crippen molar-refractivity contribution in [1.82, 2.24) is 14.7 Å². The summed E-state index contributed by atoms with van der Waals surface area (Å²) in [6, 6.07) is 0. The van der Waals surface area contributed by atoms with Gasteiger partial charge in [-0.3, -0.25) is 19.4 Å². The first kappa shape index (κ1) is 27.6. The normalized spacial score (nSPS) is 10.3. The molecule has 0 fully saturated rings. The molecule has 0 atom stereocenters. The Kier molecular flexibility index (Phi) is 14.8. The molecule has 0 unspecified atom stereocenters. The van der Waals surface area contributed by atoms with Crippen LogP contribution in [0.3, 0.4) is 0 Å². The fourth-order valence-corrected chi connectivity index (χ4v) is 1.99. The van der Waals surface area contributed by atoms with Crippen molar-refractivity contribution in [3.05, 3.63) is 0 Å². The topological polar surface area (TPSA) is 205 Å². The number of nitrogens with zero attached hydrogens (tertiary/aromatic N) is 3. The fraction of sp³-hybridized carbons (Fsp3) is 0.615. The quantitative estimate of drug-likeness (QED) is 0.214. The van der Waals surface area contributed by atoms with Crippen molar-refractivity contribution < 1.29 is 89.4 Å². The first-order valence-corrected chi connectivity index (χ1v) is 7.25. The van der Waals surface area contributed by atoms with E-state index in [1.807, 2.05) is 0 Å². The number of aliphatic carboxylic acids is 4. The second-order valence-electron chi connectivity index (χ2n) is 5.21. The van der Waals surface area contributed by atoms with E-state index in [1.54, 1.807) is 0 Å². The van der Waals surface area contributed by atoms with Crippen molar-refractivity contribution in [3.8, 4) is 0 Å². The fourth-order valence-electron chi connectivity index (χ4n) is 1.99. The molecule has 14 heteroatoms.